The van der Waals surface area contributed by atoms with Crippen LogP contribution in [-0.2, 0) is 5.67 Å². The Balaban J connectivity index is 2.29. The first-order chi connectivity index (χ1) is 8.16. The third-order valence-corrected chi connectivity index (χ3v) is 3.70. The van der Waals surface area contributed by atoms with E-state index in [1.165, 1.54) is 0 Å². The standard InChI is InChI=1S/C14H20FNO/c1-14(15,11-6-5-9-16-10-11)12-7-3-4-8-13(12)17-2/h3-4,7-8,11,16H,5-6,9-10H2,1-2H3. The molecule has 17 heavy (non-hydrogen) atoms. The van der Waals surface area contributed by atoms with Crippen LogP contribution in [0.15, 0.2) is 24.3 Å². The Morgan fingerprint density at radius 3 is 2.82 bits per heavy atom. The van der Waals surface area contributed by atoms with Crippen LogP contribution in [0.4, 0.5) is 4.39 Å². The molecule has 2 rings (SSSR count). The summed E-state index contributed by atoms with van der Waals surface area (Å²) in [5, 5.41) is 3.27. The Bertz CT molecular complexity index is 372. The predicted octanol–water partition coefficient (Wildman–Crippen LogP) is 2.88. The molecule has 2 atom stereocenters. The zero-order chi connectivity index (χ0) is 12.3. The van der Waals surface area contributed by atoms with Crippen molar-refractivity contribution >= 4 is 0 Å². The lowest BCUT2D eigenvalue weighted by atomic mass is 9.80. The van der Waals surface area contributed by atoms with Gasteiger partial charge in [-0.1, -0.05) is 18.2 Å². The van der Waals surface area contributed by atoms with Crippen molar-refractivity contribution in [2.45, 2.75) is 25.4 Å². The molecule has 1 N–H and O–H groups in total. The second-order valence-electron chi connectivity index (χ2n) is 4.82. The van der Waals surface area contributed by atoms with Gasteiger partial charge in [0.2, 0.25) is 0 Å². The monoisotopic (exact) mass is 237 g/mol. The fraction of sp³-hybridized carbons (Fsp3) is 0.571. The molecule has 0 aliphatic carbocycles. The van der Waals surface area contributed by atoms with Gasteiger partial charge in [-0.3, -0.25) is 0 Å². The Labute approximate surface area is 102 Å². The van der Waals surface area contributed by atoms with Crippen LogP contribution in [0.25, 0.3) is 0 Å². The molecule has 1 saturated heterocycles. The van der Waals surface area contributed by atoms with Crippen LogP contribution in [0.5, 0.6) is 5.75 Å². The fourth-order valence-electron chi connectivity index (χ4n) is 2.58. The average molecular weight is 237 g/mol. The molecule has 1 aliphatic rings. The normalized spacial score (nSPS) is 24.1. The molecule has 0 saturated carbocycles. The summed E-state index contributed by atoms with van der Waals surface area (Å²) in [7, 11) is 1.59. The van der Waals surface area contributed by atoms with Crippen molar-refractivity contribution < 1.29 is 9.13 Å². The van der Waals surface area contributed by atoms with E-state index < -0.39 is 5.67 Å². The molecule has 0 bridgehead atoms. The van der Waals surface area contributed by atoms with Gasteiger partial charge in [0.05, 0.1) is 7.11 Å². The van der Waals surface area contributed by atoms with E-state index >= 15 is 4.39 Å². The summed E-state index contributed by atoms with van der Waals surface area (Å²) in [6.45, 7) is 3.41. The molecule has 0 radical (unpaired) electrons. The molecule has 3 heteroatoms. The number of halogens is 1. The van der Waals surface area contributed by atoms with Gasteiger partial charge >= 0.3 is 0 Å². The van der Waals surface area contributed by atoms with Gasteiger partial charge < -0.3 is 10.1 Å². The minimum Gasteiger partial charge on any atom is -0.496 e. The van der Waals surface area contributed by atoms with Crippen LogP contribution in [0.2, 0.25) is 0 Å². The minimum atomic E-state index is -1.33. The third-order valence-electron chi connectivity index (χ3n) is 3.70. The number of nitrogens with one attached hydrogen (secondary N) is 1. The zero-order valence-corrected chi connectivity index (χ0v) is 10.5. The third kappa shape index (κ3) is 2.44. The van der Waals surface area contributed by atoms with Crippen molar-refractivity contribution in [2.75, 3.05) is 20.2 Å². The number of para-hydroxylation sites is 1. The Morgan fingerprint density at radius 1 is 1.41 bits per heavy atom. The number of ether oxygens (including phenoxy) is 1. The number of methoxy groups -OCH3 is 1. The van der Waals surface area contributed by atoms with Crippen molar-refractivity contribution in [2.24, 2.45) is 5.92 Å². The molecule has 0 amide bonds. The van der Waals surface area contributed by atoms with E-state index in [1.54, 1.807) is 14.0 Å². The molecule has 1 aromatic rings. The van der Waals surface area contributed by atoms with E-state index in [2.05, 4.69) is 5.32 Å². The molecule has 1 heterocycles. The average Bonchev–Trinajstić information content (AvgIpc) is 2.39. The molecular weight excluding hydrogens is 217 g/mol. The maximum Gasteiger partial charge on any atom is 0.140 e. The molecule has 1 fully saturated rings. The summed E-state index contributed by atoms with van der Waals surface area (Å²) in [5.74, 6) is 0.663. The van der Waals surface area contributed by atoms with Gasteiger partial charge in [0.25, 0.3) is 0 Å². The number of alkyl halides is 1. The summed E-state index contributed by atoms with van der Waals surface area (Å²) in [6.07, 6.45) is 1.97. The first kappa shape index (κ1) is 12.4. The number of benzene rings is 1. The van der Waals surface area contributed by atoms with E-state index in [0.717, 1.165) is 25.9 Å². The highest BCUT2D eigenvalue weighted by molar-refractivity contribution is 5.38. The molecule has 2 unspecified atom stereocenters. The summed E-state index contributed by atoms with van der Waals surface area (Å²) in [5.41, 5.74) is -0.670. The lowest BCUT2D eigenvalue weighted by Gasteiger charge is -2.34. The highest BCUT2D eigenvalue weighted by Gasteiger charge is 2.38. The summed E-state index contributed by atoms with van der Waals surface area (Å²) in [4.78, 5) is 0. The second-order valence-corrected chi connectivity index (χ2v) is 4.82. The Morgan fingerprint density at radius 2 is 2.18 bits per heavy atom. The van der Waals surface area contributed by atoms with Crippen LogP contribution < -0.4 is 10.1 Å². The molecule has 2 nitrogen and oxygen atoms in total. The first-order valence-electron chi connectivity index (χ1n) is 6.19. The van der Waals surface area contributed by atoms with Gasteiger partial charge in [-0.05, 0) is 32.4 Å². The Hall–Kier alpha value is -1.09. The fourth-order valence-corrected chi connectivity index (χ4v) is 2.58. The lowest BCUT2D eigenvalue weighted by molar-refractivity contribution is 0.0783. The van der Waals surface area contributed by atoms with Crippen LogP contribution in [0, 0.1) is 5.92 Å². The quantitative estimate of drug-likeness (QED) is 0.872. The van der Waals surface area contributed by atoms with Crippen molar-refractivity contribution in [3.63, 3.8) is 0 Å². The molecule has 1 aliphatic heterocycles. The SMILES string of the molecule is COc1ccccc1C(C)(F)C1CCCNC1. The number of piperidine rings is 1. The number of hydrogen-bond donors (Lipinski definition) is 1. The molecule has 0 aromatic heterocycles. The van der Waals surface area contributed by atoms with Crippen LogP contribution >= 0.6 is 0 Å². The highest BCUT2D eigenvalue weighted by Crippen LogP contribution is 2.41. The topological polar surface area (TPSA) is 21.3 Å². The largest absolute Gasteiger partial charge is 0.496 e. The summed E-state index contributed by atoms with van der Waals surface area (Å²) < 4.78 is 20.3. The van der Waals surface area contributed by atoms with Crippen LogP contribution in [0.1, 0.15) is 25.3 Å². The predicted molar refractivity (Wildman–Crippen MR) is 67.0 cm³/mol. The van der Waals surface area contributed by atoms with Gasteiger partial charge in [0.1, 0.15) is 11.4 Å². The Kier molecular flexibility index (Phi) is 3.67. The van der Waals surface area contributed by atoms with Crippen LogP contribution in [0.3, 0.4) is 0 Å². The maximum atomic E-state index is 15.0. The maximum absolute atomic E-state index is 15.0. The lowest BCUT2D eigenvalue weighted by Crippen LogP contribution is -2.40. The van der Waals surface area contributed by atoms with Crippen molar-refractivity contribution in [3.8, 4) is 5.75 Å². The zero-order valence-electron chi connectivity index (χ0n) is 10.5. The molecular formula is C14H20FNO. The molecule has 1 aromatic carbocycles. The van der Waals surface area contributed by atoms with Crippen molar-refractivity contribution in [1.29, 1.82) is 0 Å². The van der Waals surface area contributed by atoms with Gasteiger partial charge in [0.15, 0.2) is 0 Å². The van der Waals surface area contributed by atoms with E-state index in [-0.39, 0.29) is 5.92 Å². The van der Waals surface area contributed by atoms with E-state index in [0.29, 0.717) is 11.3 Å². The van der Waals surface area contributed by atoms with Crippen LogP contribution in [-0.4, -0.2) is 20.2 Å². The second kappa shape index (κ2) is 5.05. The van der Waals surface area contributed by atoms with E-state index in [1.807, 2.05) is 24.3 Å². The molecule has 0 spiro atoms. The highest BCUT2D eigenvalue weighted by atomic mass is 19.1. The number of hydrogen-bond acceptors (Lipinski definition) is 2. The van der Waals surface area contributed by atoms with Crippen molar-refractivity contribution in [3.05, 3.63) is 29.8 Å². The summed E-state index contributed by atoms with van der Waals surface area (Å²) in [6, 6.07) is 7.39. The van der Waals surface area contributed by atoms with Gasteiger partial charge in [-0.2, -0.15) is 0 Å². The molecule has 94 valence electrons. The smallest absolute Gasteiger partial charge is 0.140 e. The van der Waals surface area contributed by atoms with Gasteiger partial charge in [-0.15, -0.1) is 0 Å². The number of rotatable bonds is 3. The van der Waals surface area contributed by atoms with E-state index in [4.69, 9.17) is 4.74 Å². The van der Waals surface area contributed by atoms with Gasteiger partial charge in [-0.25, -0.2) is 4.39 Å². The van der Waals surface area contributed by atoms with E-state index in [9.17, 15) is 0 Å². The summed E-state index contributed by atoms with van der Waals surface area (Å²) >= 11 is 0. The minimum absolute atomic E-state index is 0.0209. The van der Waals surface area contributed by atoms with Gasteiger partial charge in [0, 0.05) is 18.0 Å². The van der Waals surface area contributed by atoms with Crippen molar-refractivity contribution in [1.82, 2.24) is 5.32 Å². The first-order valence-corrected chi connectivity index (χ1v) is 6.19.